The molecule has 114 valence electrons. The fourth-order valence-electron chi connectivity index (χ4n) is 2.68. The van der Waals surface area contributed by atoms with Gasteiger partial charge in [0.2, 0.25) is 0 Å². The normalized spacial score (nSPS) is 21.5. The van der Waals surface area contributed by atoms with Gasteiger partial charge in [-0.2, -0.15) is 0 Å². The number of aryl methyl sites for hydroxylation is 1. The minimum atomic E-state index is -1.35. The lowest BCUT2D eigenvalue weighted by molar-refractivity contribution is -0.151. The highest BCUT2D eigenvalue weighted by atomic mass is 16.5. The molecule has 0 aliphatic carbocycles. The molecule has 7 nitrogen and oxygen atoms in total. The number of amides is 1. The van der Waals surface area contributed by atoms with E-state index in [4.69, 9.17) is 4.74 Å². The van der Waals surface area contributed by atoms with E-state index < -0.39 is 17.4 Å². The van der Waals surface area contributed by atoms with Crippen molar-refractivity contribution in [2.75, 3.05) is 20.3 Å². The van der Waals surface area contributed by atoms with Crippen LogP contribution in [0.1, 0.15) is 23.2 Å². The first kappa shape index (κ1) is 15.2. The quantitative estimate of drug-likeness (QED) is 0.850. The van der Waals surface area contributed by atoms with Gasteiger partial charge in [0, 0.05) is 38.5 Å². The SMILES string of the molecule is COCC1(C(=O)O)CCCN1C(=O)c1ccn(C)c(=O)c1. The third-order valence-electron chi connectivity index (χ3n) is 3.87. The van der Waals surface area contributed by atoms with Gasteiger partial charge in [-0.25, -0.2) is 4.79 Å². The number of aromatic nitrogens is 1. The van der Waals surface area contributed by atoms with Crippen molar-refractivity contribution in [3.05, 3.63) is 34.2 Å². The Labute approximate surface area is 121 Å². The van der Waals surface area contributed by atoms with E-state index in [1.165, 1.54) is 34.9 Å². The number of pyridine rings is 1. The summed E-state index contributed by atoms with van der Waals surface area (Å²) in [5.41, 5.74) is -1.47. The molecule has 0 bridgehead atoms. The number of methoxy groups -OCH3 is 1. The molecule has 21 heavy (non-hydrogen) atoms. The number of carbonyl (C=O) groups is 2. The third kappa shape index (κ3) is 2.56. The van der Waals surface area contributed by atoms with Gasteiger partial charge in [-0.05, 0) is 18.9 Å². The van der Waals surface area contributed by atoms with Crippen molar-refractivity contribution in [1.82, 2.24) is 9.47 Å². The van der Waals surface area contributed by atoms with E-state index in [0.717, 1.165) is 0 Å². The minimum absolute atomic E-state index is 0.0705. The van der Waals surface area contributed by atoms with Crippen LogP contribution in [-0.2, 0) is 16.6 Å². The Bertz CT molecular complexity index is 624. The van der Waals surface area contributed by atoms with E-state index in [0.29, 0.717) is 19.4 Å². The number of nitrogens with zero attached hydrogens (tertiary/aromatic N) is 2. The standard InChI is InChI=1S/C14H18N2O5/c1-15-7-4-10(8-11(15)17)12(18)16-6-3-5-14(16,9-21-2)13(19)20/h4,7-8H,3,5-6,9H2,1-2H3,(H,19,20). The summed E-state index contributed by atoms with van der Waals surface area (Å²) in [5.74, 6) is -1.54. The summed E-state index contributed by atoms with van der Waals surface area (Å²) in [4.78, 5) is 37.1. The first-order valence-corrected chi connectivity index (χ1v) is 6.63. The summed E-state index contributed by atoms with van der Waals surface area (Å²) in [6.45, 7) is 0.266. The van der Waals surface area contributed by atoms with Crippen LogP contribution in [0.25, 0.3) is 0 Å². The molecule has 1 aliphatic heterocycles. The zero-order valence-corrected chi connectivity index (χ0v) is 12.0. The van der Waals surface area contributed by atoms with E-state index in [9.17, 15) is 19.5 Å². The van der Waals surface area contributed by atoms with Crippen LogP contribution in [0.4, 0.5) is 0 Å². The molecule has 1 unspecified atom stereocenters. The fourth-order valence-corrected chi connectivity index (χ4v) is 2.68. The van der Waals surface area contributed by atoms with E-state index in [2.05, 4.69) is 0 Å². The van der Waals surface area contributed by atoms with Crippen LogP contribution in [0.15, 0.2) is 23.1 Å². The van der Waals surface area contributed by atoms with Crippen LogP contribution < -0.4 is 5.56 Å². The predicted molar refractivity (Wildman–Crippen MR) is 74.2 cm³/mol. The van der Waals surface area contributed by atoms with Gasteiger partial charge in [0.05, 0.1) is 6.61 Å². The average Bonchev–Trinajstić information content (AvgIpc) is 2.86. The van der Waals surface area contributed by atoms with Crippen molar-refractivity contribution in [1.29, 1.82) is 0 Å². The van der Waals surface area contributed by atoms with Gasteiger partial charge in [-0.1, -0.05) is 0 Å². The highest BCUT2D eigenvalue weighted by molar-refractivity contribution is 5.98. The Morgan fingerprint density at radius 2 is 2.19 bits per heavy atom. The van der Waals surface area contributed by atoms with Crippen LogP contribution in [-0.4, -0.2) is 52.3 Å². The van der Waals surface area contributed by atoms with E-state index in [-0.39, 0.29) is 17.7 Å². The summed E-state index contributed by atoms with van der Waals surface area (Å²) >= 11 is 0. The van der Waals surface area contributed by atoms with E-state index in [1.807, 2.05) is 0 Å². The third-order valence-corrected chi connectivity index (χ3v) is 3.87. The van der Waals surface area contributed by atoms with Crippen molar-refractivity contribution in [3.63, 3.8) is 0 Å². The molecule has 0 saturated carbocycles. The summed E-state index contributed by atoms with van der Waals surface area (Å²) in [6.07, 6.45) is 2.42. The average molecular weight is 294 g/mol. The lowest BCUT2D eigenvalue weighted by atomic mass is 9.96. The molecule has 0 spiro atoms. The van der Waals surface area contributed by atoms with Crippen molar-refractivity contribution in [2.24, 2.45) is 7.05 Å². The Balaban J connectivity index is 2.38. The number of aliphatic carboxylic acids is 1. The molecule has 1 saturated heterocycles. The monoisotopic (exact) mass is 294 g/mol. The molecule has 0 aromatic carbocycles. The van der Waals surface area contributed by atoms with Gasteiger partial charge in [0.25, 0.3) is 11.5 Å². The predicted octanol–water partition coefficient (Wildman–Crippen LogP) is 0.0911. The summed E-state index contributed by atoms with van der Waals surface area (Å²) < 4.78 is 6.36. The van der Waals surface area contributed by atoms with Crippen LogP contribution in [0.5, 0.6) is 0 Å². The lowest BCUT2D eigenvalue weighted by Gasteiger charge is -2.34. The molecule has 2 heterocycles. The molecule has 0 radical (unpaired) electrons. The van der Waals surface area contributed by atoms with Gasteiger partial charge in [0.15, 0.2) is 5.54 Å². The Hall–Kier alpha value is -2.15. The maximum atomic E-state index is 12.6. The highest BCUT2D eigenvalue weighted by Crippen LogP contribution is 2.31. The number of likely N-dealkylation sites (tertiary alicyclic amines) is 1. The summed E-state index contributed by atoms with van der Waals surface area (Å²) in [6, 6.07) is 2.74. The number of carboxylic acid groups (broad SMARTS) is 1. The number of rotatable bonds is 4. The van der Waals surface area contributed by atoms with Crippen molar-refractivity contribution in [3.8, 4) is 0 Å². The van der Waals surface area contributed by atoms with Gasteiger partial charge >= 0.3 is 5.97 Å². The first-order valence-electron chi connectivity index (χ1n) is 6.63. The number of carboxylic acids is 1. The number of ether oxygens (including phenoxy) is 1. The molecular formula is C14H18N2O5. The second-order valence-corrected chi connectivity index (χ2v) is 5.19. The van der Waals surface area contributed by atoms with Crippen molar-refractivity contribution in [2.45, 2.75) is 18.4 Å². The number of hydrogen-bond acceptors (Lipinski definition) is 4. The van der Waals surface area contributed by atoms with Crippen LogP contribution in [0, 0.1) is 0 Å². The van der Waals surface area contributed by atoms with Gasteiger partial charge < -0.3 is 19.3 Å². The number of carbonyl (C=O) groups excluding carboxylic acids is 1. The maximum Gasteiger partial charge on any atom is 0.332 e. The molecule has 1 aliphatic rings. The van der Waals surface area contributed by atoms with Gasteiger partial charge in [-0.3, -0.25) is 9.59 Å². The molecule has 1 amide bonds. The summed E-state index contributed by atoms with van der Waals surface area (Å²) in [5, 5.41) is 9.52. The second kappa shape index (κ2) is 5.69. The van der Waals surface area contributed by atoms with Crippen LogP contribution in [0.2, 0.25) is 0 Å². The largest absolute Gasteiger partial charge is 0.479 e. The van der Waals surface area contributed by atoms with Crippen LogP contribution in [0.3, 0.4) is 0 Å². The summed E-state index contributed by atoms with van der Waals surface area (Å²) in [7, 11) is 2.99. The highest BCUT2D eigenvalue weighted by Gasteiger charge is 2.50. The number of hydrogen-bond donors (Lipinski definition) is 1. The van der Waals surface area contributed by atoms with Gasteiger partial charge in [-0.15, -0.1) is 0 Å². The minimum Gasteiger partial charge on any atom is -0.479 e. The Morgan fingerprint density at radius 3 is 2.76 bits per heavy atom. The molecule has 1 aromatic heterocycles. The van der Waals surface area contributed by atoms with Crippen LogP contribution >= 0.6 is 0 Å². The Kier molecular flexibility index (Phi) is 4.13. The smallest absolute Gasteiger partial charge is 0.332 e. The van der Waals surface area contributed by atoms with E-state index >= 15 is 0 Å². The topological polar surface area (TPSA) is 88.8 Å². The molecular weight excluding hydrogens is 276 g/mol. The zero-order chi connectivity index (χ0) is 15.6. The molecule has 1 aromatic rings. The Morgan fingerprint density at radius 1 is 1.48 bits per heavy atom. The van der Waals surface area contributed by atoms with E-state index in [1.54, 1.807) is 7.05 Å². The van der Waals surface area contributed by atoms with Gasteiger partial charge in [0.1, 0.15) is 0 Å². The first-order chi connectivity index (χ1) is 9.92. The molecule has 1 atom stereocenters. The molecule has 1 fully saturated rings. The zero-order valence-electron chi connectivity index (χ0n) is 12.0. The lowest BCUT2D eigenvalue weighted by Crippen LogP contribution is -2.56. The van der Waals surface area contributed by atoms with Crippen molar-refractivity contribution >= 4 is 11.9 Å². The molecule has 1 N–H and O–H groups in total. The maximum absolute atomic E-state index is 12.6. The molecule has 2 rings (SSSR count). The molecule has 7 heteroatoms. The fraction of sp³-hybridized carbons (Fsp3) is 0.500. The second-order valence-electron chi connectivity index (χ2n) is 5.19. The van der Waals surface area contributed by atoms with Crippen molar-refractivity contribution < 1.29 is 19.4 Å².